The van der Waals surface area contributed by atoms with Crippen LogP contribution in [0.3, 0.4) is 0 Å². The molecule has 0 aliphatic rings. The van der Waals surface area contributed by atoms with Gasteiger partial charge >= 0.3 is 0 Å². The first-order valence-corrected chi connectivity index (χ1v) is 9.40. The summed E-state index contributed by atoms with van der Waals surface area (Å²) in [5.74, 6) is 0.861. The third kappa shape index (κ3) is 5.49. The van der Waals surface area contributed by atoms with Crippen LogP contribution in [0, 0.1) is 0 Å². The highest BCUT2D eigenvalue weighted by atomic mass is 35.5. The van der Waals surface area contributed by atoms with Crippen LogP contribution < -0.4 is 10.2 Å². The predicted octanol–water partition coefficient (Wildman–Crippen LogP) is 5.40. The molecule has 0 fully saturated rings. The molecule has 0 saturated carbocycles. The van der Waals surface area contributed by atoms with Crippen LogP contribution >= 0.6 is 23.8 Å². The fourth-order valence-electron chi connectivity index (χ4n) is 2.65. The van der Waals surface area contributed by atoms with E-state index in [1.807, 2.05) is 50.5 Å². The lowest BCUT2D eigenvalue weighted by Gasteiger charge is -2.25. The van der Waals surface area contributed by atoms with Gasteiger partial charge in [0.05, 0.1) is 12.8 Å². The van der Waals surface area contributed by atoms with Gasteiger partial charge in [-0.2, -0.15) is 0 Å². The molecule has 1 N–H and O–H groups in total. The molecule has 1 heterocycles. The van der Waals surface area contributed by atoms with Gasteiger partial charge in [0.1, 0.15) is 5.76 Å². The highest BCUT2D eigenvalue weighted by molar-refractivity contribution is 7.80. The SMILES string of the molecule is CN(C)c1ccc(CN(Cc2ccco2)C(=S)Nc2ccc(Cl)cc2)cc1. The molecule has 1 aromatic heterocycles. The summed E-state index contributed by atoms with van der Waals surface area (Å²) < 4.78 is 5.52. The molecule has 0 atom stereocenters. The van der Waals surface area contributed by atoms with Gasteiger partial charge in [0.25, 0.3) is 0 Å². The zero-order chi connectivity index (χ0) is 19.2. The summed E-state index contributed by atoms with van der Waals surface area (Å²) in [6.45, 7) is 1.26. The van der Waals surface area contributed by atoms with Crippen LogP contribution in [0.1, 0.15) is 11.3 Å². The lowest BCUT2D eigenvalue weighted by atomic mass is 10.2. The predicted molar refractivity (Wildman–Crippen MR) is 116 cm³/mol. The molecule has 0 bridgehead atoms. The zero-order valence-corrected chi connectivity index (χ0v) is 16.9. The van der Waals surface area contributed by atoms with Crippen molar-refractivity contribution in [3.8, 4) is 0 Å². The number of rotatable bonds is 6. The maximum atomic E-state index is 5.96. The second-order valence-corrected chi connectivity index (χ2v) is 7.26. The smallest absolute Gasteiger partial charge is 0.174 e. The Morgan fingerprint density at radius 1 is 1.00 bits per heavy atom. The van der Waals surface area contributed by atoms with Gasteiger partial charge < -0.3 is 19.5 Å². The van der Waals surface area contributed by atoms with Crippen LogP contribution in [-0.4, -0.2) is 24.1 Å². The van der Waals surface area contributed by atoms with E-state index in [9.17, 15) is 0 Å². The number of thiocarbonyl (C=S) groups is 1. The van der Waals surface area contributed by atoms with E-state index in [1.165, 1.54) is 11.3 Å². The molecule has 0 spiro atoms. The van der Waals surface area contributed by atoms with E-state index in [0.717, 1.165) is 11.4 Å². The van der Waals surface area contributed by atoms with Crippen molar-refractivity contribution in [1.29, 1.82) is 0 Å². The minimum atomic E-state index is 0.585. The summed E-state index contributed by atoms with van der Waals surface area (Å²) in [7, 11) is 4.06. The Balaban J connectivity index is 1.75. The van der Waals surface area contributed by atoms with Gasteiger partial charge in [-0.1, -0.05) is 23.7 Å². The zero-order valence-electron chi connectivity index (χ0n) is 15.4. The highest BCUT2D eigenvalue weighted by Crippen LogP contribution is 2.18. The highest BCUT2D eigenvalue weighted by Gasteiger charge is 2.13. The summed E-state index contributed by atoms with van der Waals surface area (Å²) in [6, 6.07) is 19.8. The van der Waals surface area contributed by atoms with Gasteiger partial charge in [0, 0.05) is 37.0 Å². The van der Waals surface area contributed by atoms with E-state index < -0.39 is 0 Å². The number of hydrogen-bond acceptors (Lipinski definition) is 3. The first-order valence-electron chi connectivity index (χ1n) is 8.61. The first-order chi connectivity index (χ1) is 13.0. The molecule has 0 aliphatic heterocycles. The molecule has 0 radical (unpaired) electrons. The Morgan fingerprint density at radius 3 is 2.30 bits per heavy atom. The van der Waals surface area contributed by atoms with Crippen LogP contribution in [0.5, 0.6) is 0 Å². The van der Waals surface area contributed by atoms with Crippen molar-refractivity contribution in [3.05, 3.63) is 83.3 Å². The third-order valence-corrected chi connectivity index (χ3v) is 4.75. The summed E-state index contributed by atoms with van der Waals surface area (Å²) in [4.78, 5) is 4.16. The number of benzene rings is 2. The van der Waals surface area contributed by atoms with E-state index in [-0.39, 0.29) is 0 Å². The van der Waals surface area contributed by atoms with E-state index in [4.69, 9.17) is 28.2 Å². The maximum Gasteiger partial charge on any atom is 0.174 e. The fourth-order valence-corrected chi connectivity index (χ4v) is 3.02. The number of hydrogen-bond donors (Lipinski definition) is 1. The van der Waals surface area contributed by atoms with Gasteiger partial charge in [-0.3, -0.25) is 0 Å². The van der Waals surface area contributed by atoms with Crippen LogP contribution in [0.4, 0.5) is 11.4 Å². The molecule has 0 aliphatic carbocycles. The number of nitrogens with zero attached hydrogens (tertiary/aromatic N) is 2. The Kier molecular flexibility index (Phi) is 6.37. The van der Waals surface area contributed by atoms with Crippen molar-refractivity contribution in [2.24, 2.45) is 0 Å². The molecule has 3 aromatic rings. The van der Waals surface area contributed by atoms with Gasteiger partial charge in [0.2, 0.25) is 0 Å². The van der Waals surface area contributed by atoms with Crippen molar-refractivity contribution in [2.45, 2.75) is 13.1 Å². The molecule has 6 heteroatoms. The molecular weight excluding hydrogens is 378 g/mol. The lowest BCUT2D eigenvalue weighted by Crippen LogP contribution is -2.33. The fraction of sp³-hybridized carbons (Fsp3) is 0.190. The Bertz CT molecular complexity index is 861. The lowest BCUT2D eigenvalue weighted by molar-refractivity contribution is 0.360. The van der Waals surface area contributed by atoms with Gasteiger partial charge in [-0.05, 0) is 66.3 Å². The number of nitrogens with one attached hydrogen (secondary N) is 1. The number of anilines is 2. The van der Waals surface area contributed by atoms with Crippen LogP contribution in [0.15, 0.2) is 71.3 Å². The normalized spacial score (nSPS) is 10.5. The Hall–Kier alpha value is -2.50. The van der Waals surface area contributed by atoms with Crippen LogP contribution in [0.25, 0.3) is 0 Å². The van der Waals surface area contributed by atoms with E-state index >= 15 is 0 Å². The molecule has 27 heavy (non-hydrogen) atoms. The van der Waals surface area contributed by atoms with E-state index in [1.54, 1.807) is 6.26 Å². The molecule has 4 nitrogen and oxygen atoms in total. The second kappa shape index (κ2) is 8.93. The molecule has 0 unspecified atom stereocenters. The van der Waals surface area contributed by atoms with Crippen molar-refractivity contribution in [2.75, 3.05) is 24.3 Å². The van der Waals surface area contributed by atoms with Crippen LogP contribution in [-0.2, 0) is 13.1 Å². The van der Waals surface area contributed by atoms with E-state index in [0.29, 0.717) is 23.2 Å². The maximum absolute atomic E-state index is 5.96. The Morgan fingerprint density at radius 2 is 1.70 bits per heavy atom. The third-order valence-electron chi connectivity index (χ3n) is 4.14. The summed E-state index contributed by atoms with van der Waals surface area (Å²) >= 11 is 11.6. The first kappa shape index (κ1) is 19.3. The minimum absolute atomic E-state index is 0.585. The molecule has 0 saturated heterocycles. The number of furan rings is 1. The van der Waals surface area contributed by atoms with Crippen molar-refractivity contribution in [3.63, 3.8) is 0 Å². The summed E-state index contributed by atoms with van der Waals surface area (Å²) in [5.41, 5.74) is 3.24. The molecule has 3 rings (SSSR count). The van der Waals surface area contributed by atoms with Crippen molar-refractivity contribution in [1.82, 2.24) is 4.90 Å². The average Bonchev–Trinajstić information content (AvgIpc) is 3.16. The van der Waals surface area contributed by atoms with E-state index in [2.05, 4.69) is 39.4 Å². The quantitative estimate of drug-likeness (QED) is 0.561. The topological polar surface area (TPSA) is 31.6 Å². The van der Waals surface area contributed by atoms with Gasteiger partial charge in [-0.25, -0.2) is 0 Å². The molecular formula is C21H22ClN3OS. The van der Waals surface area contributed by atoms with Crippen molar-refractivity contribution >= 4 is 40.3 Å². The Labute approximate surface area is 170 Å². The van der Waals surface area contributed by atoms with Crippen LogP contribution in [0.2, 0.25) is 5.02 Å². The summed E-state index contributed by atoms with van der Waals surface area (Å²) in [6.07, 6.45) is 1.68. The van der Waals surface area contributed by atoms with Gasteiger partial charge in [-0.15, -0.1) is 0 Å². The molecule has 140 valence electrons. The monoisotopic (exact) mass is 399 g/mol. The standard InChI is InChI=1S/C21H22ClN3OS/c1-24(2)19-11-5-16(6-12-19)14-25(15-20-4-3-13-26-20)21(27)23-18-9-7-17(22)8-10-18/h3-13H,14-15H2,1-2H3,(H,23,27). The average molecular weight is 400 g/mol. The van der Waals surface area contributed by atoms with Gasteiger partial charge in [0.15, 0.2) is 5.11 Å². The number of halogens is 1. The largest absolute Gasteiger partial charge is 0.467 e. The summed E-state index contributed by atoms with van der Waals surface area (Å²) in [5, 5.41) is 4.60. The van der Waals surface area contributed by atoms with Crippen molar-refractivity contribution < 1.29 is 4.42 Å². The molecule has 0 amide bonds. The molecule has 2 aromatic carbocycles. The minimum Gasteiger partial charge on any atom is -0.467 e. The second-order valence-electron chi connectivity index (χ2n) is 6.43.